The van der Waals surface area contributed by atoms with Crippen LogP contribution in [0.5, 0.6) is 17.2 Å². The third kappa shape index (κ3) is 4.08. The molecular weight excluding hydrogens is 426 g/mol. The molecule has 0 aromatic heterocycles. The zero-order chi connectivity index (χ0) is 22.7. The fourth-order valence-electron chi connectivity index (χ4n) is 3.98. The lowest BCUT2D eigenvalue weighted by molar-refractivity contribution is -0.129. The van der Waals surface area contributed by atoms with E-state index in [-0.39, 0.29) is 18.2 Å². The van der Waals surface area contributed by atoms with E-state index in [9.17, 15) is 10.1 Å². The second-order valence-corrected chi connectivity index (χ2v) is 8.34. The van der Waals surface area contributed by atoms with Gasteiger partial charge in [0, 0.05) is 18.0 Å². The number of nitriles is 1. The molecule has 4 rings (SSSR count). The average molecular weight is 452 g/mol. The van der Waals surface area contributed by atoms with Crippen molar-refractivity contribution in [2.75, 3.05) is 38.3 Å². The number of benzene rings is 2. The molecule has 1 unspecified atom stereocenters. The SMILES string of the molecule is CCOc1ccc(C2CC(=O)N3CN(c4ccc(OC)cc4)CSC3=C2C#N)cc1OC. The molecule has 0 bridgehead atoms. The number of hydrogen-bond donors (Lipinski definition) is 0. The van der Waals surface area contributed by atoms with Crippen LogP contribution in [0.15, 0.2) is 53.1 Å². The Balaban J connectivity index is 1.63. The van der Waals surface area contributed by atoms with Gasteiger partial charge in [0.1, 0.15) is 5.75 Å². The minimum Gasteiger partial charge on any atom is -0.497 e. The Hall–Kier alpha value is -3.31. The zero-order valence-electron chi connectivity index (χ0n) is 18.3. The highest BCUT2D eigenvalue weighted by Gasteiger charge is 2.38. The number of rotatable bonds is 6. The van der Waals surface area contributed by atoms with E-state index in [4.69, 9.17) is 14.2 Å². The monoisotopic (exact) mass is 451 g/mol. The van der Waals surface area contributed by atoms with Crippen molar-refractivity contribution in [3.63, 3.8) is 0 Å². The smallest absolute Gasteiger partial charge is 0.229 e. The highest BCUT2D eigenvalue weighted by molar-refractivity contribution is 8.03. The summed E-state index contributed by atoms with van der Waals surface area (Å²) in [6, 6.07) is 15.8. The van der Waals surface area contributed by atoms with E-state index in [0.29, 0.717) is 36.2 Å². The van der Waals surface area contributed by atoms with Gasteiger partial charge in [0.05, 0.1) is 50.0 Å². The number of methoxy groups -OCH3 is 2. The van der Waals surface area contributed by atoms with Crippen molar-refractivity contribution in [3.05, 3.63) is 58.6 Å². The van der Waals surface area contributed by atoms with Gasteiger partial charge >= 0.3 is 0 Å². The average Bonchev–Trinajstić information content (AvgIpc) is 2.84. The van der Waals surface area contributed by atoms with Crippen molar-refractivity contribution in [3.8, 4) is 23.3 Å². The Kier molecular flexibility index (Phi) is 6.47. The highest BCUT2D eigenvalue weighted by atomic mass is 32.2. The maximum atomic E-state index is 13.1. The van der Waals surface area contributed by atoms with Crippen LogP contribution in [0.4, 0.5) is 5.69 Å². The van der Waals surface area contributed by atoms with Crippen molar-refractivity contribution in [1.29, 1.82) is 5.26 Å². The van der Waals surface area contributed by atoms with Crippen LogP contribution < -0.4 is 19.1 Å². The maximum Gasteiger partial charge on any atom is 0.229 e. The minimum absolute atomic E-state index is 0.00237. The van der Waals surface area contributed by atoms with Crippen molar-refractivity contribution < 1.29 is 19.0 Å². The first-order valence-corrected chi connectivity index (χ1v) is 11.3. The van der Waals surface area contributed by atoms with E-state index in [1.165, 1.54) is 11.8 Å². The molecule has 0 aliphatic carbocycles. The summed E-state index contributed by atoms with van der Waals surface area (Å²) in [5.74, 6) is 2.38. The molecule has 2 aliphatic rings. The van der Waals surface area contributed by atoms with Crippen molar-refractivity contribution in [2.24, 2.45) is 0 Å². The Morgan fingerprint density at radius 1 is 1.12 bits per heavy atom. The summed E-state index contributed by atoms with van der Waals surface area (Å²) in [6.45, 7) is 2.86. The zero-order valence-corrected chi connectivity index (χ0v) is 19.1. The molecular formula is C24H25N3O4S. The molecule has 0 spiro atoms. The molecule has 1 fully saturated rings. The molecule has 0 saturated carbocycles. The van der Waals surface area contributed by atoms with Gasteiger partial charge in [-0.1, -0.05) is 17.8 Å². The van der Waals surface area contributed by atoms with Crippen LogP contribution in [0.2, 0.25) is 0 Å². The van der Waals surface area contributed by atoms with Crippen LogP contribution >= 0.6 is 11.8 Å². The molecule has 2 aliphatic heterocycles. The number of carbonyl (C=O) groups is 1. The summed E-state index contributed by atoms with van der Waals surface area (Å²) in [5, 5.41) is 10.8. The van der Waals surface area contributed by atoms with Gasteiger partial charge in [-0.3, -0.25) is 9.69 Å². The lowest BCUT2D eigenvalue weighted by atomic mass is 9.86. The summed E-state index contributed by atoms with van der Waals surface area (Å²) < 4.78 is 16.3. The quantitative estimate of drug-likeness (QED) is 0.647. The van der Waals surface area contributed by atoms with Gasteiger partial charge in [0.25, 0.3) is 0 Å². The molecule has 166 valence electrons. The number of nitrogens with zero attached hydrogens (tertiary/aromatic N) is 3. The number of carbonyl (C=O) groups excluding carboxylic acids is 1. The van der Waals surface area contributed by atoms with Crippen LogP contribution in [0.3, 0.4) is 0 Å². The molecule has 1 amide bonds. The summed E-state index contributed by atoms with van der Waals surface area (Å²) in [4.78, 5) is 17.0. The molecule has 8 heteroatoms. The normalized spacial score (nSPS) is 18.2. The molecule has 2 aromatic rings. The lowest BCUT2D eigenvalue weighted by Crippen LogP contribution is -2.47. The van der Waals surface area contributed by atoms with Gasteiger partial charge in [-0.15, -0.1) is 0 Å². The van der Waals surface area contributed by atoms with E-state index in [0.717, 1.165) is 22.0 Å². The van der Waals surface area contributed by atoms with Crippen LogP contribution in [-0.2, 0) is 4.79 Å². The molecule has 7 nitrogen and oxygen atoms in total. The predicted molar refractivity (Wildman–Crippen MR) is 124 cm³/mol. The summed E-state index contributed by atoms with van der Waals surface area (Å²) in [5.41, 5.74) is 2.50. The summed E-state index contributed by atoms with van der Waals surface area (Å²) in [7, 11) is 3.22. The van der Waals surface area contributed by atoms with Gasteiger partial charge < -0.3 is 19.1 Å². The topological polar surface area (TPSA) is 75.0 Å². The first kappa shape index (κ1) is 21.9. The summed E-state index contributed by atoms with van der Waals surface area (Å²) in [6.07, 6.45) is 0.237. The second-order valence-electron chi connectivity index (χ2n) is 7.41. The van der Waals surface area contributed by atoms with Gasteiger partial charge in [-0.05, 0) is 48.9 Å². The second kappa shape index (κ2) is 9.45. The number of fused-ring (bicyclic) bond motifs is 1. The van der Waals surface area contributed by atoms with Crippen molar-refractivity contribution in [1.82, 2.24) is 4.90 Å². The standard InChI is InChI=1S/C24H25N3O4S/c1-4-31-21-10-5-16(11-22(21)30-3)19-12-23(28)27-14-26(15-32-24(27)20(19)13-25)17-6-8-18(29-2)9-7-17/h5-11,19H,4,12,14-15H2,1-3H3. The number of allylic oxidation sites excluding steroid dienone is 1. The third-order valence-corrected chi connectivity index (χ3v) is 6.78. The Morgan fingerprint density at radius 3 is 2.56 bits per heavy atom. The van der Waals surface area contributed by atoms with E-state index in [1.807, 2.05) is 49.4 Å². The van der Waals surface area contributed by atoms with Gasteiger partial charge in [-0.2, -0.15) is 5.26 Å². The van der Waals surface area contributed by atoms with Gasteiger partial charge in [0.2, 0.25) is 5.91 Å². The van der Waals surface area contributed by atoms with Crippen LogP contribution in [-0.4, -0.2) is 44.2 Å². The number of ether oxygens (including phenoxy) is 3. The lowest BCUT2D eigenvalue weighted by Gasteiger charge is -2.42. The highest BCUT2D eigenvalue weighted by Crippen LogP contribution is 2.44. The molecule has 0 N–H and O–H groups in total. The van der Waals surface area contributed by atoms with Gasteiger partial charge in [0.15, 0.2) is 11.5 Å². The minimum atomic E-state index is -0.302. The first-order valence-electron chi connectivity index (χ1n) is 10.4. The van der Waals surface area contributed by atoms with Crippen LogP contribution in [0, 0.1) is 11.3 Å². The van der Waals surface area contributed by atoms with Crippen molar-refractivity contribution >= 4 is 23.4 Å². The predicted octanol–water partition coefficient (Wildman–Crippen LogP) is 4.32. The Labute approximate surface area is 192 Å². The maximum absolute atomic E-state index is 13.1. The fraction of sp³-hybridized carbons (Fsp3) is 0.333. The molecule has 2 aromatic carbocycles. The molecule has 32 heavy (non-hydrogen) atoms. The summed E-state index contributed by atoms with van der Waals surface area (Å²) >= 11 is 1.52. The molecule has 0 radical (unpaired) electrons. The number of amides is 1. The molecule has 2 heterocycles. The van der Waals surface area contributed by atoms with E-state index in [1.54, 1.807) is 19.1 Å². The molecule has 1 saturated heterocycles. The number of anilines is 1. The van der Waals surface area contributed by atoms with Crippen LogP contribution in [0.1, 0.15) is 24.8 Å². The Bertz CT molecular complexity index is 1080. The van der Waals surface area contributed by atoms with E-state index >= 15 is 0 Å². The van der Waals surface area contributed by atoms with E-state index < -0.39 is 0 Å². The largest absolute Gasteiger partial charge is 0.497 e. The Morgan fingerprint density at radius 2 is 1.91 bits per heavy atom. The number of hydrogen-bond acceptors (Lipinski definition) is 7. The van der Waals surface area contributed by atoms with Crippen LogP contribution in [0.25, 0.3) is 0 Å². The number of thioether (sulfide) groups is 1. The van der Waals surface area contributed by atoms with E-state index in [2.05, 4.69) is 11.0 Å². The third-order valence-electron chi connectivity index (χ3n) is 5.62. The fourth-order valence-corrected chi connectivity index (χ4v) is 5.15. The van der Waals surface area contributed by atoms with Crippen molar-refractivity contribution in [2.45, 2.75) is 19.3 Å². The molecule has 1 atom stereocenters. The first-order chi connectivity index (χ1) is 15.6. The van der Waals surface area contributed by atoms with Gasteiger partial charge in [-0.25, -0.2) is 0 Å².